The number of benzene rings is 8. The highest BCUT2D eigenvalue weighted by molar-refractivity contribution is 5.85. The topological polar surface area (TPSA) is 90.2 Å². The van der Waals surface area contributed by atoms with E-state index in [1.54, 1.807) is 0 Å². The molecule has 0 unspecified atom stereocenters. The van der Waals surface area contributed by atoms with Crippen LogP contribution in [0, 0.1) is 0 Å². The van der Waals surface area contributed by atoms with Crippen molar-refractivity contribution >= 4 is 0 Å². The smallest absolute Gasteiger partial charge is 0.164 e. The molecule has 0 amide bonds. The van der Waals surface area contributed by atoms with Gasteiger partial charge in [-0.05, 0) is 33.9 Å². The fourth-order valence-corrected chi connectivity index (χ4v) is 8.22. The van der Waals surface area contributed by atoms with Gasteiger partial charge >= 0.3 is 0 Å². The first-order valence-corrected chi connectivity index (χ1v) is 21.8. The van der Waals surface area contributed by atoms with E-state index in [-0.39, 0.29) is 0 Å². The largest absolute Gasteiger partial charge is 0.256 e. The van der Waals surface area contributed by atoms with Gasteiger partial charge in [-0.25, -0.2) is 29.9 Å². The van der Waals surface area contributed by atoms with Crippen molar-refractivity contribution in [3.63, 3.8) is 0 Å². The molecule has 0 aliphatic carbocycles. The predicted molar refractivity (Wildman–Crippen MR) is 265 cm³/mol. The van der Waals surface area contributed by atoms with Crippen LogP contribution < -0.4 is 0 Å². The lowest BCUT2D eigenvalue weighted by Gasteiger charge is -2.13. The van der Waals surface area contributed by atoms with E-state index in [9.17, 15) is 0 Å². The van der Waals surface area contributed by atoms with Crippen LogP contribution in [-0.2, 0) is 0 Å². The lowest BCUT2D eigenvalue weighted by atomic mass is 9.97. The summed E-state index contributed by atoms with van der Waals surface area (Å²) in [5.41, 5.74) is 13.6. The fraction of sp³-hybridized carbons (Fsp3) is 0. The lowest BCUT2D eigenvalue weighted by Crippen LogP contribution is -2.01. The first-order chi connectivity index (χ1) is 32.7. The summed E-state index contributed by atoms with van der Waals surface area (Å²) in [6.07, 6.45) is 1.83. The second kappa shape index (κ2) is 18.0. The van der Waals surface area contributed by atoms with Crippen molar-refractivity contribution in [3.05, 3.63) is 237 Å². The summed E-state index contributed by atoms with van der Waals surface area (Å²) in [5.74, 6) is 3.63. The molecule has 66 heavy (non-hydrogen) atoms. The maximum absolute atomic E-state index is 5.10. The molecule has 8 aromatic carbocycles. The van der Waals surface area contributed by atoms with Crippen LogP contribution in [0.15, 0.2) is 237 Å². The molecule has 0 atom stereocenters. The minimum absolute atomic E-state index is 0.588. The zero-order valence-electron chi connectivity index (χ0n) is 35.6. The summed E-state index contributed by atoms with van der Waals surface area (Å²) < 4.78 is 0. The Balaban J connectivity index is 0.936. The van der Waals surface area contributed by atoms with Gasteiger partial charge in [0.15, 0.2) is 34.9 Å². The second-order valence-corrected chi connectivity index (χ2v) is 15.7. The van der Waals surface area contributed by atoms with E-state index < -0.39 is 0 Å². The molecule has 11 aromatic rings. The second-order valence-electron chi connectivity index (χ2n) is 15.7. The van der Waals surface area contributed by atoms with E-state index in [2.05, 4.69) is 103 Å². The highest BCUT2D eigenvalue weighted by atomic mass is 15.0. The maximum atomic E-state index is 5.10. The Labute approximate surface area is 383 Å². The van der Waals surface area contributed by atoms with Crippen molar-refractivity contribution < 1.29 is 0 Å². The highest BCUT2D eigenvalue weighted by Gasteiger charge is 2.18. The molecule has 0 N–H and O–H groups in total. The van der Waals surface area contributed by atoms with E-state index in [4.69, 9.17) is 34.9 Å². The SMILES string of the molecule is c1ccc(-c2nc(-c3ccc(-c4cccnc4-c4ccc(-c5nc(-c6ccccc6)nc(-c6ccccc6-c6ccccc6)n5)cc4)cc3)nc(-c3ccccc3-c3ccccc3)n2)cc1. The molecule has 7 heteroatoms. The zero-order chi connectivity index (χ0) is 44.1. The first-order valence-electron chi connectivity index (χ1n) is 21.8. The molecule has 0 aliphatic rings. The van der Waals surface area contributed by atoms with Crippen molar-refractivity contribution in [3.8, 4) is 113 Å². The van der Waals surface area contributed by atoms with Crippen molar-refractivity contribution in [1.82, 2.24) is 34.9 Å². The van der Waals surface area contributed by atoms with Crippen LogP contribution in [0.1, 0.15) is 0 Å². The summed E-state index contributed by atoms with van der Waals surface area (Å²) in [6.45, 7) is 0. The Kier molecular flexibility index (Phi) is 10.8. The molecule has 11 rings (SSSR count). The lowest BCUT2D eigenvalue weighted by molar-refractivity contribution is 1.07. The van der Waals surface area contributed by atoms with Gasteiger partial charge in [0.1, 0.15) is 0 Å². The average molecular weight is 846 g/mol. The van der Waals surface area contributed by atoms with E-state index in [1.165, 1.54) is 0 Å². The van der Waals surface area contributed by atoms with Gasteiger partial charge in [-0.2, -0.15) is 0 Å². The van der Waals surface area contributed by atoms with E-state index >= 15 is 0 Å². The molecule has 0 bridgehead atoms. The fourth-order valence-electron chi connectivity index (χ4n) is 8.22. The minimum atomic E-state index is 0.588. The van der Waals surface area contributed by atoms with Crippen molar-refractivity contribution in [2.24, 2.45) is 0 Å². The van der Waals surface area contributed by atoms with Gasteiger partial charge in [-0.1, -0.05) is 224 Å². The van der Waals surface area contributed by atoms with E-state index in [0.717, 1.165) is 78.0 Å². The van der Waals surface area contributed by atoms with Crippen molar-refractivity contribution in [1.29, 1.82) is 0 Å². The molecule has 0 saturated heterocycles. The van der Waals surface area contributed by atoms with Crippen LogP contribution in [0.25, 0.3) is 113 Å². The summed E-state index contributed by atoms with van der Waals surface area (Å²) in [7, 11) is 0. The Hall–Kier alpha value is -9.07. The molecular weight excluding hydrogens is 807 g/mol. The molecule has 0 saturated carbocycles. The number of aromatic nitrogens is 7. The molecule has 3 aromatic heterocycles. The monoisotopic (exact) mass is 845 g/mol. The summed E-state index contributed by atoms with van der Waals surface area (Å²) in [6, 6.07) is 78.1. The van der Waals surface area contributed by atoms with Crippen LogP contribution in [0.3, 0.4) is 0 Å². The number of hydrogen-bond acceptors (Lipinski definition) is 7. The number of hydrogen-bond donors (Lipinski definition) is 0. The Morgan fingerprint density at radius 1 is 0.182 bits per heavy atom. The normalized spacial score (nSPS) is 11.0. The average Bonchev–Trinajstić information content (AvgIpc) is 3.41. The Morgan fingerprint density at radius 3 is 0.864 bits per heavy atom. The summed E-state index contributed by atoms with van der Waals surface area (Å²) in [4.78, 5) is 35.2. The summed E-state index contributed by atoms with van der Waals surface area (Å²) in [5, 5.41) is 0. The van der Waals surface area contributed by atoms with Crippen LogP contribution in [-0.4, -0.2) is 34.9 Å². The standard InChI is InChI=1S/C59H39N7/c1-5-18-40(19-6-1)48-26-13-15-28-51(48)58-63-54(44-22-9-3-10-23-44)61-56(65-58)46-35-31-42(32-36-46)50-30-17-39-60-53(50)43-33-37-47(38-34-43)57-62-55(45-24-11-4-12-25-45)64-59(66-57)52-29-16-14-27-49(52)41-20-7-2-8-21-41/h1-39H. The molecule has 0 spiro atoms. The van der Waals surface area contributed by atoms with Crippen LogP contribution in [0.4, 0.5) is 0 Å². The molecule has 7 nitrogen and oxygen atoms in total. The third kappa shape index (κ3) is 8.16. The third-order valence-electron chi connectivity index (χ3n) is 11.5. The highest BCUT2D eigenvalue weighted by Crippen LogP contribution is 2.36. The van der Waals surface area contributed by atoms with E-state index in [1.807, 2.05) is 134 Å². The molecule has 0 aliphatic heterocycles. The van der Waals surface area contributed by atoms with Gasteiger partial charge in [-0.3, -0.25) is 4.98 Å². The zero-order valence-corrected chi connectivity index (χ0v) is 35.6. The first kappa shape index (κ1) is 39.8. The third-order valence-corrected chi connectivity index (χ3v) is 11.5. The van der Waals surface area contributed by atoms with Gasteiger partial charge in [0.05, 0.1) is 5.69 Å². The Bertz CT molecular complexity index is 3200. The molecule has 310 valence electrons. The van der Waals surface area contributed by atoms with Gasteiger partial charge < -0.3 is 0 Å². The van der Waals surface area contributed by atoms with E-state index in [0.29, 0.717) is 34.9 Å². The van der Waals surface area contributed by atoms with Crippen LogP contribution >= 0.6 is 0 Å². The molecular formula is C59H39N7. The molecule has 0 fully saturated rings. The minimum Gasteiger partial charge on any atom is -0.256 e. The van der Waals surface area contributed by atoms with Gasteiger partial charge in [0.2, 0.25) is 0 Å². The quantitative estimate of drug-likeness (QED) is 0.135. The Morgan fingerprint density at radius 2 is 0.455 bits per heavy atom. The van der Waals surface area contributed by atoms with Gasteiger partial charge in [-0.15, -0.1) is 0 Å². The molecule has 0 radical (unpaired) electrons. The predicted octanol–water partition coefficient (Wildman–Crippen LogP) is 14.1. The van der Waals surface area contributed by atoms with Crippen LogP contribution in [0.2, 0.25) is 0 Å². The number of pyridine rings is 1. The van der Waals surface area contributed by atoms with Crippen LogP contribution in [0.5, 0.6) is 0 Å². The van der Waals surface area contributed by atoms with Crippen molar-refractivity contribution in [2.75, 3.05) is 0 Å². The number of rotatable bonds is 10. The summed E-state index contributed by atoms with van der Waals surface area (Å²) >= 11 is 0. The maximum Gasteiger partial charge on any atom is 0.164 e. The number of nitrogens with zero attached hydrogens (tertiary/aromatic N) is 7. The van der Waals surface area contributed by atoms with Gasteiger partial charge in [0, 0.05) is 50.7 Å². The molecule has 3 heterocycles. The van der Waals surface area contributed by atoms with Gasteiger partial charge in [0.25, 0.3) is 0 Å². The van der Waals surface area contributed by atoms with Crippen molar-refractivity contribution in [2.45, 2.75) is 0 Å².